The molecule has 1 aromatic rings. The van der Waals surface area contributed by atoms with E-state index < -0.39 is 5.82 Å². The topological polar surface area (TPSA) is 65.5 Å². The first-order valence-electron chi connectivity index (χ1n) is 7.49. The van der Waals surface area contributed by atoms with E-state index in [0.717, 1.165) is 25.7 Å². The number of anilines is 1. The summed E-state index contributed by atoms with van der Waals surface area (Å²) in [6, 6.07) is 1.50. The zero-order chi connectivity index (χ0) is 15.2. The van der Waals surface area contributed by atoms with Crippen LogP contribution in [0.15, 0.2) is 12.3 Å². The Morgan fingerprint density at radius 2 is 2.24 bits per heavy atom. The van der Waals surface area contributed by atoms with E-state index >= 15 is 0 Å². The number of nitrogens with one attached hydrogen (secondary N) is 1. The van der Waals surface area contributed by atoms with Gasteiger partial charge in [-0.05, 0) is 25.8 Å². The molecule has 1 saturated carbocycles. The van der Waals surface area contributed by atoms with Crippen molar-refractivity contribution in [3.05, 3.63) is 23.6 Å². The van der Waals surface area contributed by atoms with E-state index in [1.807, 2.05) is 6.92 Å². The molecule has 5 nitrogen and oxygen atoms in total. The van der Waals surface area contributed by atoms with Crippen molar-refractivity contribution in [1.82, 2.24) is 9.88 Å². The fourth-order valence-electron chi connectivity index (χ4n) is 2.83. The van der Waals surface area contributed by atoms with Crippen LogP contribution in [0.2, 0.25) is 0 Å². The lowest BCUT2D eigenvalue weighted by molar-refractivity contribution is 0.0633. The van der Waals surface area contributed by atoms with Gasteiger partial charge in [0.05, 0.1) is 12.2 Å². The highest BCUT2D eigenvalue weighted by Crippen LogP contribution is 2.26. The van der Waals surface area contributed by atoms with E-state index in [2.05, 4.69) is 10.3 Å². The number of aromatic nitrogens is 1. The molecule has 0 bridgehead atoms. The molecule has 0 radical (unpaired) electrons. The fraction of sp³-hybridized carbons (Fsp3) is 0.600. The average molecular weight is 295 g/mol. The number of amides is 1. The van der Waals surface area contributed by atoms with Crippen LogP contribution in [0.1, 0.15) is 43.0 Å². The SMILES string of the molecule is CCNc1nccc(C(=O)N(CCO)C2CCCC2)c1F. The molecule has 0 saturated heterocycles. The van der Waals surface area contributed by atoms with Crippen molar-refractivity contribution in [2.75, 3.05) is 25.0 Å². The molecule has 1 aromatic heterocycles. The summed E-state index contributed by atoms with van der Waals surface area (Å²) in [5, 5.41) is 12.0. The maximum atomic E-state index is 14.4. The summed E-state index contributed by atoms with van der Waals surface area (Å²) >= 11 is 0. The largest absolute Gasteiger partial charge is 0.395 e. The van der Waals surface area contributed by atoms with E-state index in [1.165, 1.54) is 12.3 Å². The fourth-order valence-corrected chi connectivity index (χ4v) is 2.83. The third kappa shape index (κ3) is 3.50. The van der Waals surface area contributed by atoms with Crippen molar-refractivity contribution in [2.45, 2.75) is 38.6 Å². The summed E-state index contributed by atoms with van der Waals surface area (Å²) in [4.78, 5) is 18.1. The Balaban J connectivity index is 2.25. The predicted octanol–water partition coefficient (Wildman–Crippen LogP) is 2.03. The second-order valence-corrected chi connectivity index (χ2v) is 5.21. The Hall–Kier alpha value is -1.69. The van der Waals surface area contributed by atoms with Crippen molar-refractivity contribution in [3.63, 3.8) is 0 Å². The standard InChI is InChI=1S/C15H22FN3O2/c1-2-17-14-13(16)12(7-8-18-14)15(21)19(9-10-20)11-5-3-4-6-11/h7-8,11,20H,2-6,9-10H2,1H3,(H,17,18). The summed E-state index contributed by atoms with van der Waals surface area (Å²) < 4.78 is 14.4. The van der Waals surface area contributed by atoms with Crippen LogP contribution in [-0.4, -0.2) is 46.6 Å². The summed E-state index contributed by atoms with van der Waals surface area (Å²) in [5.41, 5.74) is 0.0151. The van der Waals surface area contributed by atoms with E-state index in [9.17, 15) is 14.3 Å². The first-order valence-corrected chi connectivity index (χ1v) is 7.49. The number of hydrogen-bond acceptors (Lipinski definition) is 4. The molecular formula is C15H22FN3O2. The highest BCUT2D eigenvalue weighted by molar-refractivity contribution is 5.95. The molecule has 0 aliphatic heterocycles. The minimum atomic E-state index is -0.620. The van der Waals surface area contributed by atoms with Crippen LogP contribution >= 0.6 is 0 Å². The quantitative estimate of drug-likeness (QED) is 0.843. The molecule has 0 aromatic carbocycles. The van der Waals surface area contributed by atoms with Crippen LogP contribution in [-0.2, 0) is 0 Å². The van der Waals surface area contributed by atoms with Crippen LogP contribution in [0.25, 0.3) is 0 Å². The highest BCUT2D eigenvalue weighted by atomic mass is 19.1. The van der Waals surface area contributed by atoms with Gasteiger partial charge < -0.3 is 15.3 Å². The third-order valence-electron chi connectivity index (χ3n) is 3.83. The zero-order valence-corrected chi connectivity index (χ0v) is 12.3. The van der Waals surface area contributed by atoms with Gasteiger partial charge in [0, 0.05) is 25.3 Å². The summed E-state index contributed by atoms with van der Waals surface area (Å²) in [6.07, 6.45) is 5.40. The maximum Gasteiger partial charge on any atom is 0.257 e. The Morgan fingerprint density at radius 3 is 2.86 bits per heavy atom. The molecule has 0 atom stereocenters. The third-order valence-corrected chi connectivity index (χ3v) is 3.83. The highest BCUT2D eigenvalue weighted by Gasteiger charge is 2.29. The summed E-state index contributed by atoms with van der Waals surface area (Å²) in [6.45, 7) is 2.49. The number of nitrogens with zero attached hydrogens (tertiary/aromatic N) is 2. The van der Waals surface area contributed by atoms with Gasteiger partial charge >= 0.3 is 0 Å². The van der Waals surface area contributed by atoms with Crippen LogP contribution in [0, 0.1) is 5.82 Å². The van der Waals surface area contributed by atoms with Crippen molar-refractivity contribution < 1.29 is 14.3 Å². The van der Waals surface area contributed by atoms with Gasteiger partial charge in [-0.25, -0.2) is 9.37 Å². The molecular weight excluding hydrogens is 273 g/mol. The maximum absolute atomic E-state index is 14.4. The zero-order valence-electron chi connectivity index (χ0n) is 12.3. The second kappa shape index (κ2) is 7.36. The number of carbonyl (C=O) groups excluding carboxylic acids is 1. The lowest BCUT2D eigenvalue weighted by atomic mass is 10.1. The number of rotatable bonds is 6. The lowest BCUT2D eigenvalue weighted by Crippen LogP contribution is -2.41. The Labute approximate surface area is 124 Å². The van der Waals surface area contributed by atoms with E-state index in [0.29, 0.717) is 6.54 Å². The van der Waals surface area contributed by atoms with Crippen LogP contribution < -0.4 is 5.32 Å². The van der Waals surface area contributed by atoms with Crippen molar-refractivity contribution in [1.29, 1.82) is 0 Å². The van der Waals surface area contributed by atoms with Gasteiger partial charge in [-0.15, -0.1) is 0 Å². The van der Waals surface area contributed by atoms with Crippen LogP contribution in [0.5, 0.6) is 0 Å². The van der Waals surface area contributed by atoms with Gasteiger partial charge in [-0.1, -0.05) is 12.8 Å². The second-order valence-electron chi connectivity index (χ2n) is 5.21. The Kier molecular flexibility index (Phi) is 5.50. The van der Waals surface area contributed by atoms with Crippen molar-refractivity contribution >= 4 is 11.7 Å². The van der Waals surface area contributed by atoms with Gasteiger partial charge in [0.25, 0.3) is 5.91 Å². The van der Waals surface area contributed by atoms with Gasteiger partial charge in [0.1, 0.15) is 0 Å². The molecule has 1 fully saturated rings. The molecule has 1 heterocycles. The molecule has 2 rings (SSSR count). The first-order chi connectivity index (χ1) is 10.2. The molecule has 0 unspecified atom stereocenters. The molecule has 21 heavy (non-hydrogen) atoms. The monoisotopic (exact) mass is 295 g/mol. The lowest BCUT2D eigenvalue weighted by Gasteiger charge is -2.28. The smallest absolute Gasteiger partial charge is 0.257 e. The molecule has 1 amide bonds. The Morgan fingerprint density at radius 1 is 1.52 bits per heavy atom. The summed E-state index contributed by atoms with van der Waals surface area (Å²) in [7, 11) is 0. The Bertz CT molecular complexity index is 490. The minimum absolute atomic E-state index is 0.0151. The summed E-state index contributed by atoms with van der Waals surface area (Å²) in [5.74, 6) is -0.890. The van der Waals surface area contributed by atoms with Gasteiger partial charge in [-0.2, -0.15) is 0 Å². The molecule has 1 aliphatic rings. The molecule has 116 valence electrons. The van der Waals surface area contributed by atoms with Crippen molar-refractivity contribution in [2.24, 2.45) is 0 Å². The van der Waals surface area contributed by atoms with Crippen LogP contribution in [0.4, 0.5) is 10.2 Å². The van der Waals surface area contributed by atoms with E-state index in [1.54, 1.807) is 4.90 Å². The number of aliphatic hydroxyl groups is 1. The van der Waals surface area contributed by atoms with Crippen molar-refractivity contribution in [3.8, 4) is 0 Å². The molecule has 6 heteroatoms. The number of carbonyl (C=O) groups is 1. The van der Waals surface area contributed by atoms with E-state index in [4.69, 9.17) is 0 Å². The molecule has 0 spiro atoms. The first kappa shape index (κ1) is 15.7. The van der Waals surface area contributed by atoms with Gasteiger partial charge in [0.15, 0.2) is 11.6 Å². The average Bonchev–Trinajstić information content (AvgIpc) is 3.00. The minimum Gasteiger partial charge on any atom is -0.395 e. The van der Waals surface area contributed by atoms with E-state index in [-0.39, 0.29) is 36.5 Å². The number of halogens is 1. The van der Waals surface area contributed by atoms with Gasteiger partial charge in [-0.3, -0.25) is 4.79 Å². The number of hydrogen-bond donors (Lipinski definition) is 2. The predicted molar refractivity (Wildman–Crippen MR) is 78.7 cm³/mol. The molecule has 2 N–H and O–H groups in total. The number of aliphatic hydroxyl groups excluding tert-OH is 1. The van der Waals surface area contributed by atoms with Crippen LogP contribution in [0.3, 0.4) is 0 Å². The number of pyridine rings is 1. The normalized spacial score (nSPS) is 15.2. The van der Waals surface area contributed by atoms with Gasteiger partial charge in [0.2, 0.25) is 0 Å². The molecule has 1 aliphatic carbocycles.